The van der Waals surface area contributed by atoms with Crippen molar-refractivity contribution in [1.29, 1.82) is 0 Å². The van der Waals surface area contributed by atoms with Gasteiger partial charge in [0.15, 0.2) is 0 Å². The Hall–Kier alpha value is -2.71. The lowest BCUT2D eigenvalue weighted by atomic mass is 10.3. The van der Waals surface area contributed by atoms with E-state index in [0.717, 1.165) is 11.3 Å². The first kappa shape index (κ1) is 17.1. The maximum absolute atomic E-state index is 12.3. The van der Waals surface area contributed by atoms with Crippen LogP contribution in [0.3, 0.4) is 0 Å². The van der Waals surface area contributed by atoms with Crippen molar-refractivity contribution in [3.63, 3.8) is 0 Å². The maximum atomic E-state index is 12.3. The fraction of sp³-hybridized carbons (Fsp3) is 0.176. The molecule has 0 unspecified atom stereocenters. The molecular formula is C17H18N4O3S. The molecule has 2 N–H and O–H groups in total. The molecule has 2 heterocycles. The molecule has 0 aliphatic heterocycles. The molecule has 2 aromatic heterocycles. The summed E-state index contributed by atoms with van der Waals surface area (Å²) in [6.07, 6.45) is 4.12. The van der Waals surface area contributed by atoms with E-state index in [1.165, 1.54) is 19.1 Å². The first-order chi connectivity index (χ1) is 12.0. The van der Waals surface area contributed by atoms with Gasteiger partial charge >= 0.3 is 0 Å². The Kier molecular flexibility index (Phi) is 4.82. The molecule has 1 aromatic carbocycles. The average molecular weight is 358 g/mol. The van der Waals surface area contributed by atoms with Crippen LogP contribution in [0.1, 0.15) is 12.7 Å². The Bertz CT molecular complexity index is 994. The second-order valence-corrected chi connectivity index (χ2v) is 7.29. The van der Waals surface area contributed by atoms with Crippen LogP contribution in [0.15, 0.2) is 59.8 Å². The van der Waals surface area contributed by atoms with E-state index in [0.29, 0.717) is 12.1 Å². The summed E-state index contributed by atoms with van der Waals surface area (Å²) < 4.78 is 29.2. The molecule has 0 saturated heterocycles. The number of hydrogen-bond acceptors (Lipinski definition) is 4. The molecule has 25 heavy (non-hydrogen) atoms. The number of anilines is 1. The van der Waals surface area contributed by atoms with Crippen LogP contribution in [-0.4, -0.2) is 30.3 Å². The molecular weight excluding hydrogens is 340 g/mol. The third-order valence-corrected chi connectivity index (χ3v) is 5.12. The summed E-state index contributed by atoms with van der Waals surface area (Å²) in [5, 5.41) is 2.60. The van der Waals surface area contributed by atoms with Crippen molar-refractivity contribution < 1.29 is 13.2 Å². The van der Waals surface area contributed by atoms with E-state index in [1.807, 2.05) is 28.8 Å². The van der Waals surface area contributed by atoms with Crippen molar-refractivity contribution in [3.05, 3.63) is 60.7 Å². The van der Waals surface area contributed by atoms with Crippen LogP contribution in [0.4, 0.5) is 5.69 Å². The molecule has 8 heteroatoms. The zero-order chi connectivity index (χ0) is 17.9. The summed E-state index contributed by atoms with van der Waals surface area (Å²) in [7, 11) is -3.61. The molecule has 0 fully saturated rings. The lowest BCUT2D eigenvalue weighted by Gasteiger charge is -2.08. The molecule has 0 aliphatic rings. The SMILES string of the molecule is CC(=O)Nc1ccc(S(=O)(=O)NCCc2ncc3ccccn23)cc1. The summed E-state index contributed by atoms with van der Waals surface area (Å²) in [5.41, 5.74) is 1.52. The highest BCUT2D eigenvalue weighted by Gasteiger charge is 2.14. The molecule has 0 atom stereocenters. The van der Waals surface area contributed by atoms with Crippen LogP contribution in [0.5, 0.6) is 0 Å². The van der Waals surface area contributed by atoms with E-state index in [2.05, 4.69) is 15.0 Å². The fourth-order valence-corrected chi connectivity index (χ4v) is 3.52. The fourth-order valence-electron chi connectivity index (χ4n) is 2.49. The minimum absolute atomic E-state index is 0.148. The minimum atomic E-state index is -3.61. The van der Waals surface area contributed by atoms with Gasteiger partial charge in [-0.05, 0) is 36.4 Å². The van der Waals surface area contributed by atoms with Gasteiger partial charge in [0.05, 0.1) is 16.6 Å². The molecule has 0 radical (unpaired) electrons. The Labute approximate surface area is 145 Å². The Balaban J connectivity index is 1.64. The van der Waals surface area contributed by atoms with Crippen molar-refractivity contribution >= 4 is 27.1 Å². The summed E-state index contributed by atoms with van der Waals surface area (Å²) in [6.45, 7) is 1.63. The lowest BCUT2D eigenvalue weighted by molar-refractivity contribution is -0.114. The summed E-state index contributed by atoms with van der Waals surface area (Å²) in [4.78, 5) is 15.5. The molecule has 3 aromatic rings. The van der Waals surface area contributed by atoms with Gasteiger partial charge in [-0.3, -0.25) is 4.79 Å². The number of rotatable bonds is 6. The highest BCUT2D eigenvalue weighted by Crippen LogP contribution is 2.14. The highest BCUT2D eigenvalue weighted by molar-refractivity contribution is 7.89. The number of sulfonamides is 1. The van der Waals surface area contributed by atoms with E-state index in [4.69, 9.17) is 0 Å². The number of pyridine rings is 1. The predicted molar refractivity (Wildman–Crippen MR) is 94.8 cm³/mol. The number of nitrogens with zero attached hydrogens (tertiary/aromatic N) is 2. The van der Waals surface area contributed by atoms with Gasteiger partial charge in [0, 0.05) is 31.8 Å². The number of aromatic nitrogens is 2. The van der Waals surface area contributed by atoms with Crippen LogP contribution in [0, 0.1) is 0 Å². The van der Waals surface area contributed by atoms with Crippen LogP contribution >= 0.6 is 0 Å². The summed E-state index contributed by atoms with van der Waals surface area (Å²) >= 11 is 0. The smallest absolute Gasteiger partial charge is 0.240 e. The number of amides is 1. The third kappa shape index (κ3) is 4.04. The van der Waals surface area contributed by atoms with Gasteiger partial charge in [-0.2, -0.15) is 0 Å². The van der Waals surface area contributed by atoms with E-state index >= 15 is 0 Å². The molecule has 1 amide bonds. The Morgan fingerprint density at radius 3 is 2.64 bits per heavy atom. The number of benzene rings is 1. The van der Waals surface area contributed by atoms with Crippen LogP contribution in [-0.2, 0) is 21.2 Å². The van der Waals surface area contributed by atoms with Crippen molar-refractivity contribution in [3.8, 4) is 0 Å². The first-order valence-corrected chi connectivity index (χ1v) is 9.22. The van der Waals surface area contributed by atoms with Crippen LogP contribution < -0.4 is 10.0 Å². The highest BCUT2D eigenvalue weighted by atomic mass is 32.2. The van der Waals surface area contributed by atoms with E-state index in [1.54, 1.807) is 18.3 Å². The van der Waals surface area contributed by atoms with E-state index in [9.17, 15) is 13.2 Å². The number of carbonyl (C=O) groups is 1. The quantitative estimate of drug-likeness (QED) is 0.703. The van der Waals surface area contributed by atoms with Gasteiger partial charge in [-0.1, -0.05) is 6.07 Å². The van der Waals surface area contributed by atoms with Crippen molar-refractivity contribution in [2.45, 2.75) is 18.2 Å². The van der Waals surface area contributed by atoms with Gasteiger partial charge in [-0.15, -0.1) is 0 Å². The van der Waals surface area contributed by atoms with Gasteiger partial charge in [0.25, 0.3) is 0 Å². The van der Waals surface area contributed by atoms with Gasteiger partial charge in [-0.25, -0.2) is 18.1 Å². The van der Waals surface area contributed by atoms with Gasteiger partial charge in [0.2, 0.25) is 15.9 Å². The molecule has 0 spiro atoms. The van der Waals surface area contributed by atoms with Crippen LogP contribution in [0.25, 0.3) is 5.52 Å². The normalized spacial score (nSPS) is 11.6. The Morgan fingerprint density at radius 2 is 1.92 bits per heavy atom. The minimum Gasteiger partial charge on any atom is -0.326 e. The van der Waals surface area contributed by atoms with Gasteiger partial charge < -0.3 is 9.72 Å². The molecule has 0 bridgehead atoms. The average Bonchev–Trinajstić information content (AvgIpc) is 2.98. The Morgan fingerprint density at radius 1 is 1.16 bits per heavy atom. The topological polar surface area (TPSA) is 92.6 Å². The molecule has 0 saturated carbocycles. The van der Waals surface area contributed by atoms with Crippen molar-refractivity contribution in [2.75, 3.05) is 11.9 Å². The molecule has 130 valence electrons. The third-order valence-electron chi connectivity index (χ3n) is 3.64. The molecule has 0 aliphatic carbocycles. The first-order valence-electron chi connectivity index (χ1n) is 7.74. The standard InChI is InChI=1S/C17H18N4O3S/c1-13(22)20-14-5-7-16(8-6-14)25(23,24)19-10-9-17-18-12-15-4-2-3-11-21(15)17/h2-8,11-12,19H,9-10H2,1H3,(H,20,22). The largest absolute Gasteiger partial charge is 0.326 e. The number of fused-ring (bicyclic) bond motifs is 1. The van der Waals surface area contributed by atoms with Crippen LogP contribution in [0.2, 0.25) is 0 Å². The van der Waals surface area contributed by atoms with Crippen molar-refractivity contribution in [2.24, 2.45) is 0 Å². The molecule has 3 rings (SSSR count). The number of nitrogens with one attached hydrogen (secondary N) is 2. The maximum Gasteiger partial charge on any atom is 0.240 e. The van der Waals surface area contributed by atoms with E-state index < -0.39 is 10.0 Å². The second kappa shape index (κ2) is 7.04. The summed E-state index contributed by atoms with van der Waals surface area (Å²) in [5.74, 6) is 0.583. The number of imidazole rings is 1. The second-order valence-electron chi connectivity index (χ2n) is 5.52. The predicted octanol–water partition coefficient (Wildman–Crippen LogP) is 1.81. The van der Waals surface area contributed by atoms with Gasteiger partial charge in [0.1, 0.15) is 5.82 Å². The van der Waals surface area contributed by atoms with Crippen molar-refractivity contribution in [1.82, 2.24) is 14.1 Å². The number of carbonyl (C=O) groups excluding carboxylic acids is 1. The number of hydrogen-bond donors (Lipinski definition) is 2. The van der Waals surface area contributed by atoms with E-state index in [-0.39, 0.29) is 17.3 Å². The molecule has 7 nitrogen and oxygen atoms in total. The summed E-state index contributed by atoms with van der Waals surface area (Å²) in [6, 6.07) is 11.8. The monoisotopic (exact) mass is 358 g/mol. The zero-order valence-corrected chi connectivity index (χ0v) is 14.5. The lowest BCUT2D eigenvalue weighted by Crippen LogP contribution is -2.26. The zero-order valence-electron chi connectivity index (χ0n) is 13.6.